The van der Waals surface area contributed by atoms with Crippen molar-refractivity contribution < 1.29 is 19.1 Å². The molecule has 0 aliphatic carbocycles. The van der Waals surface area contributed by atoms with Crippen LogP contribution in [0.3, 0.4) is 0 Å². The lowest BCUT2D eigenvalue weighted by Gasteiger charge is -2.44. The van der Waals surface area contributed by atoms with Gasteiger partial charge in [-0.05, 0) is 36.8 Å². The summed E-state index contributed by atoms with van der Waals surface area (Å²) in [6.45, 7) is 3.00. The third-order valence-corrected chi connectivity index (χ3v) is 5.91. The lowest BCUT2D eigenvalue weighted by atomic mass is 9.82. The van der Waals surface area contributed by atoms with E-state index in [2.05, 4.69) is 0 Å². The molecule has 5 nitrogen and oxygen atoms in total. The van der Waals surface area contributed by atoms with Crippen LogP contribution in [0.2, 0.25) is 5.02 Å². The second-order valence-electron chi connectivity index (χ2n) is 7.47. The van der Waals surface area contributed by atoms with Gasteiger partial charge in [0.2, 0.25) is 0 Å². The van der Waals surface area contributed by atoms with Gasteiger partial charge in [0.25, 0.3) is 5.91 Å². The van der Waals surface area contributed by atoms with E-state index in [0.29, 0.717) is 54.4 Å². The third-order valence-electron chi connectivity index (χ3n) is 5.50. The van der Waals surface area contributed by atoms with Crippen molar-refractivity contribution in [3.8, 4) is 11.5 Å². The van der Waals surface area contributed by atoms with Crippen LogP contribution >= 0.6 is 11.6 Å². The highest BCUT2D eigenvalue weighted by Crippen LogP contribution is 2.41. The van der Waals surface area contributed by atoms with Crippen molar-refractivity contribution in [3.63, 3.8) is 0 Å². The molecule has 0 aromatic heterocycles. The highest BCUT2D eigenvalue weighted by molar-refractivity contribution is 6.31. The number of ether oxygens (including phenoxy) is 2. The predicted octanol–water partition coefficient (Wildman–Crippen LogP) is 4.05. The summed E-state index contributed by atoms with van der Waals surface area (Å²) in [5.41, 5.74) is 0.897. The van der Waals surface area contributed by atoms with Crippen LogP contribution in [0.25, 0.3) is 0 Å². The second kappa shape index (κ2) is 7.47. The maximum absolute atomic E-state index is 12.7. The molecule has 0 saturated carbocycles. The first-order chi connectivity index (χ1) is 13.5. The fourth-order valence-electron chi connectivity index (χ4n) is 3.81. The van der Waals surface area contributed by atoms with Crippen LogP contribution in [-0.4, -0.2) is 41.9 Å². The molecular formula is C22H22ClNO4. The van der Waals surface area contributed by atoms with Crippen molar-refractivity contribution in [2.24, 2.45) is 0 Å². The van der Waals surface area contributed by atoms with Crippen LogP contribution in [0, 0.1) is 6.92 Å². The minimum Gasteiger partial charge on any atom is -0.486 e. The molecule has 4 rings (SSSR count). The number of para-hydroxylation sites is 1. The van der Waals surface area contributed by atoms with Crippen LogP contribution in [0.15, 0.2) is 42.5 Å². The summed E-state index contributed by atoms with van der Waals surface area (Å²) in [5.74, 6) is 1.28. The van der Waals surface area contributed by atoms with Gasteiger partial charge in [-0.1, -0.05) is 29.8 Å². The molecule has 2 aromatic carbocycles. The smallest absolute Gasteiger partial charge is 0.260 e. The van der Waals surface area contributed by atoms with E-state index in [1.165, 1.54) is 0 Å². The van der Waals surface area contributed by atoms with Gasteiger partial charge in [-0.2, -0.15) is 0 Å². The molecule has 1 fully saturated rings. The number of likely N-dealkylation sites (tertiary alicyclic amines) is 1. The zero-order chi connectivity index (χ0) is 19.7. The maximum atomic E-state index is 12.7. The first-order valence-electron chi connectivity index (χ1n) is 9.44. The number of piperidine rings is 1. The molecule has 28 heavy (non-hydrogen) atoms. The van der Waals surface area contributed by atoms with Gasteiger partial charge in [-0.15, -0.1) is 0 Å². The Kier molecular flexibility index (Phi) is 5.02. The number of ketones is 1. The Hall–Kier alpha value is -2.53. The van der Waals surface area contributed by atoms with E-state index in [0.717, 1.165) is 5.56 Å². The molecule has 146 valence electrons. The minimum atomic E-state index is -0.540. The van der Waals surface area contributed by atoms with Crippen molar-refractivity contribution in [2.75, 3.05) is 19.7 Å². The Morgan fingerprint density at radius 2 is 1.93 bits per heavy atom. The number of aryl methyl sites for hydroxylation is 1. The lowest BCUT2D eigenvalue weighted by molar-refractivity contribution is -0.136. The first kappa shape index (κ1) is 18.8. The summed E-state index contributed by atoms with van der Waals surface area (Å²) in [6.07, 6.45) is 1.57. The number of carbonyl (C=O) groups excluding carboxylic acids is 2. The van der Waals surface area contributed by atoms with E-state index in [1.54, 1.807) is 11.0 Å². The molecule has 1 spiro atoms. The van der Waals surface area contributed by atoms with Gasteiger partial charge in [0.05, 0.1) is 12.0 Å². The molecule has 6 heteroatoms. The Morgan fingerprint density at radius 1 is 1.21 bits per heavy atom. The number of fused-ring (bicyclic) bond motifs is 1. The molecule has 0 unspecified atom stereocenters. The highest BCUT2D eigenvalue weighted by atomic mass is 35.5. The Bertz CT molecular complexity index is 904. The van der Waals surface area contributed by atoms with Crippen LogP contribution < -0.4 is 9.47 Å². The average molecular weight is 400 g/mol. The van der Waals surface area contributed by atoms with Crippen LogP contribution in [0.4, 0.5) is 0 Å². The molecule has 2 heterocycles. The number of benzene rings is 2. The number of carbonyl (C=O) groups is 2. The maximum Gasteiger partial charge on any atom is 0.260 e. The van der Waals surface area contributed by atoms with Crippen molar-refractivity contribution >= 4 is 23.3 Å². The fourth-order valence-corrected chi connectivity index (χ4v) is 3.97. The predicted molar refractivity (Wildman–Crippen MR) is 106 cm³/mol. The van der Waals surface area contributed by atoms with Crippen LogP contribution in [0.1, 0.15) is 35.2 Å². The fraction of sp³-hybridized carbons (Fsp3) is 0.364. The molecular weight excluding hydrogens is 378 g/mol. The monoisotopic (exact) mass is 399 g/mol. The van der Waals surface area contributed by atoms with E-state index in [4.69, 9.17) is 21.1 Å². The van der Waals surface area contributed by atoms with Gasteiger partial charge >= 0.3 is 0 Å². The zero-order valence-corrected chi connectivity index (χ0v) is 16.5. The average Bonchev–Trinajstić information content (AvgIpc) is 2.69. The summed E-state index contributed by atoms with van der Waals surface area (Å²) < 4.78 is 11.8. The SMILES string of the molecule is Cc1cc2c(cc1Cl)C(=O)CC1(CCN(C(=O)COc3ccccc3)CC1)O2. The third kappa shape index (κ3) is 3.72. The number of halogens is 1. The number of hydrogen-bond donors (Lipinski definition) is 0. The first-order valence-corrected chi connectivity index (χ1v) is 9.82. The van der Waals surface area contributed by atoms with Gasteiger partial charge in [-0.3, -0.25) is 9.59 Å². The molecule has 0 N–H and O–H groups in total. The van der Waals surface area contributed by atoms with Gasteiger partial charge in [0.15, 0.2) is 12.4 Å². The molecule has 0 atom stereocenters. The Labute approximate surface area is 169 Å². The van der Waals surface area contributed by atoms with E-state index in [9.17, 15) is 9.59 Å². The van der Waals surface area contributed by atoms with E-state index < -0.39 is 5.60 Å². The van der Waals surface area contributed by atoms with E-state index in [1.807, 2.05) is 43.3 Å². The lowest BCUT2D eigenvalue weighted by Crippen LogP contribution is -2.53. The second-order valence-corrected chi connectivity index (χ2v) is 7.87. The molecule has 0 radical (unpaired) electrons. The zero-order valence-electron chi connectivity index (χ0n) is 15.7. The topological polar surface area (TPSA) is 55.8 Å². The molecule has 2 aliphatic rings. The van der Waals surface area contributed by atoms with E-state index >= 15 is 0 Å². The van der Waals surface area contributed by atoms with Crippen LogP contribution in [-0.2, 0) is 4.79 Å². The normalized spacial score (nSPS) is 17.8. The molecule has 1 amide bonds. The summed E-state index contributed by atoms with van der Waals surface area (Å²) in [7, 11) is 0. The van der Waals surface area contributed by atoms with Gasteiger partial charge in [-0.25, -0.2) is 0 Å². The Morgan fingerprint density at radius 3 is 2.64 bits per heavy atom. The Balaban J connectivity index is 1.39. The highest BCUT2D eigenvalue weighted by Gasteiger charge is 2.43. The van der Waals surface area contributed by atoms with Crippen molar-refractivity contribution in [2.45, 2.75) is 31.8 Å². The molecule has 2 aliphatic heterocycles. The van der Waals surface area contributed by atoms with Crippen molar-refractivity contribution in [1.82, 2.24) is 4.90 Å². The number of rotatable bonds is 3. The summed E-state index contributed by atoms with van der Waals surface area (Å²) >= 11 is 6.15. The van der Waals surface area contributed by atoms with Gasteiger partial charge in [0.1, 0.15) is 17.1 Å². The standard InChI is InChI=1S/C22H22ClNO4/c1-15-11-20-17(12-18(15)23)19(25)13-22(28-20)7-9-24(10-8-22)21(26)14-27-16-5-3-2-4-6-16/h2-6,11-12H,7-10,13-14H2,1H3. The number of Topliss-reactive ketones (excluding diaryl/α,β-unsaturated/α-hetero) is 1. The number of amides is 1. The summed E-state index contributed by atoms with van der Waals surface area (Å²) in [6, 6.07) is 12.8. The summed E-state index contributed by atoms with van der Waals surface area (Å²) in [4.78, 5) is 26.9. The number of hydrogen-bond acceptors (Lipinski definition) is 4. The van der Waals surface area contributed by atoms with Gasteiger partial charge < -0.3 is 14.4 Å². The quantitative estimate of drug-likeness (QED) is 0.781. The van der Waals surface area contributed by atoms with Crippen molar-refractivity contribution in [3.05, 3.63) is 58.6 Å². The largest absolute Gasteiger partial charge is 0.486 e. The summed E-state index contributed by atoms with van der Waals surface area (Å²) in [5, 5.41) is 0.575. The van der Waals surface area contributed by atoms with Crippen LogP contribution in [0.5, 0.6) is 11.5 Å². The van der Waals surface area contributed by atoms with Gasteiger partial charge in [0, 0.05) is 31.0 Å². The number of nitrogens with zero attached hydrogens (tertiary/aromatic N) is 1. The minimum absolute atomic E-state index is 0.0112. The molecule has 2 aromatic rings. The van der Waals surface area contributed by atoms with E-state index in [-0.39, 0.29) is 18.3 Å². The molecule has 0 bridgehead atoms. The molecule has 1 saturated heterocycles. The van der Waals surface area contributed by atoms with Crippen molar-refractivity contribution in [1.29, 1.82) is 0 Å².